The predicted molar refractivity (Wildman–Crippen MR) is 82.1 cm³/mol. The highest BCUT2D eigenvalue weighted by Gasteiger charge is 2.61. The summed E-state index contributed by atoms with van der Waals surface area (Å²) >= 11 is 0. The topological polar surface area (TPSA) is 56.3 Å². The molecule has 3 rings (SSSR count). The minimum absolute atomic E-state index is 0.0120. The SMILES string of the molecule is CC(C)(C)c1ccc(COC(=O)C2CC(=O)C23CCC3)cn1. The van der Waals surface area contributed by atoms with E-state index in [1.807, 2.05) is 12.1 Å². The van der Waals surface area contributed by atoms with Crippen LogP contribution in [0.2, 0.25) is 0 Å². The molecule has 0 saturated heterocycles. The largest absolute Gasteiger partial charge is 0.461 e. The van der Waals surface area contributed by atoms with Gasteiger partial charge in [-0.15, -0.1) is 0 Å². The van der Waals surface area contributed by atoms with Crippen molar-refractivity contribution >= 4 is 11.8 Å². The fourth-order valence-electron chi connectivity index (χ4n) is 3.35. The van der Waals surface area contributed by atoms with Crippen molar-refractivity contribution in [2.45, 2.75) is 58.5 Å². The molecule has 0 bridgehead atoms. The second-order valence-electron chi connectivity index (χ2n) is 7.60. The van der Waals surface area contributed by atoms with Crippen LogP contribution in [0.25, 0.3) is 0 Å². The van der Waals surface area contributed by atoms with E-state index in [0.717, 1.165) is 30.5 Å². The van der Waals surface area contributed by atoms with E-state index in [9.17, 15) is 9.59 Å². The summed E-state index contributed by atoms with van der Waals surface area (Å²) < 4.78 is 5.41. The van der Waals surface area contributed by atoms with Gasteiger partial charge in [-0.05, 0) is 18.9 Å². The lowest BCUT2D eigenvalue weighted by molar-refractivity contribution is -0.177. The monoisotopic (exact) mass is 301 g/mol. The van der Waals surface area contributed by atoms with Gasteiger partial charge in [0.2, 0.25) is 0 Å². The second-order valence-corrected chi connectivity index (χ2v) is 7.60. The Morgan fingerprint density at radius 1 is 1.36 bits per heavy atom. The molecule has 22 heavy (non-hydrogen) atoms. The van der Waals surface area contributed by atoms with E-state index in [1.54, 1.807) is 6.20 Å². The molecule has 1 unspecified atom stereocenters. The third kappa shape index (κ3) is 2.44. The number of ketones is 1. The van der Waals surface area contributed by atoms with Gasteiger partial charge in [0.1, 0.15) is 12.4 Å². The van der Waals surface area contributed by atoms with E-state index in [2.05, 4.69) is 25.8 Å². The zero-order valence-electron chi connectivity index (χ0n) is 13.5. The molecule has 0 aliphatic heterocycles. The number of aromatic nitrogens is 1. The number of hydrogen-bond donors (Lipinski definition) is 0. The standard InChI is InChI=1S/C18H23NO3/c1-17(2,3)14-6-5-12(10-19-14)11-22-16(21)13-9-15(20)18(13)7-4-8-18/h5-6,10,13H,4,7-9,11H2,1-3H3. The van der Waals surface area contributed by atoms with Crippen molar-refractivity contribution in [2.24, 2.45) is 11.3 Å². The number of ether oxygens (including phenoxy) is 1. The fourth-order valence-corrected chi connectivity index (χ4v) is 3.35. The minimum atomic E-state index is -0.356. The molecular formula is C18H23NO3. The third-order valence-corrected chi connectivity index (χ3v) is 5.12. The molecule has 0 amide bonds. The molecule has 1 spiro atoms. The highest BCUT2D eigenvalue weighted by molar-refractivity contribution is 6.00. The van der Waals surface area contributed by atoms with Gasteiger partial charge in [-0.1, -0.05) is 33.3 Å². The predicted octanol–water partition coefficient (Wildman–Crippen LogP) is 3.18. The molecule has 0 N–H and O–H groups in total. The van der Waals surface area contributed by atoms with Crippen molar-refractivity contribution in [1.82, 2.24) is 4.98 Å². The zero-order valence-corrected chi connectivity index (χ0v) is 13.5. The molecule has 4 heteroatoms. The normalized spacial score (nSPS) is 22.9. The average molecular weight is 301 g/mol. The number of hydrogen-bond acceptors (Lipinski definition) is 4. The van der Waals surface area contributed by atoms with Crippen molar-refractivity contribution in [3.05, 3.63) is 29.6 Å². The molecular weight excluding hydrogens is 278 g/mol. The smallest absolute Gasteiger partial charge is 0.310 e. The lowest BCUT2D eigenvalue weighted by Crippen LogP contribution is -2.57. The number of carbonyl (C=O) groups excluding carboxylic acids is 2. The molecule has 0 aromatic carbocycles. The van der Waals surface area contributed by atoms with E-state index >= 15 is 0 Å². The average Bonchev–Trinajstić information content (AvgIpc) is 2.40. The molecule has 2 aliphatic rings. The molecule has 1 aromatic rings. The van der Waals surface area contributed by atoms with Gasteiger partial charge in [-0.3, -0.25) is 14.6 Å². The van der Waals surface area contributed by atoms with Crippen LogP contribution in [0, 0.1) is 11.3 Å². The Bertz CT molecular complexity index is 594. The van der Waals surface area contributed by atoms with Crippen LogP contribution in [0.3, 0.4) is 0 Å². The van der Waals surface area contributed by atoms with Crippen molar-refractivity contribution in [3.8, 4) is 0 Å². The highest BCUT2D eigenvalue weighted by Crippen LogP contribution is 2.57. The molecule has 1 heterocycles. The Kier molecular flexibility index (Phi) is 3.58. The lowest BCUT2D eigenvalue weighted by atomic mass is 9.49. The van der Waals surface area contributed by atoms with Gasteiger partial charge in [-0.25, -0.2) is 0 Å². The summed E-state index contributed by atoms with van der Waals surface area (Å²) in [4.78, 5) is 28.4. The number of Topliss-reactive ketones (excluding diaryl/α,β-unsaturated/α-hetero) is 1. The molecule has 2 saturated carbocycles. The maximum atomic E-state index is 12.2. The molecule has 1 aromatic heterocycles. The van der Waals surface area contributed by atoms with Gasteiger partial charge < -0.3 is 4.74 Å². The van der Waals surface area contributed by atoms with E-state index in [4.69, 9.17) is 4.74 Å². The Hall–Kier alpha value is -1.71. The van der Waals surface area contributed by atoms with Gasteiger partial charge >= 0.3 is 5.97 Å². The lowest BCUT2D eigenvalue weighted by Gasteiger charge is -2.52. The van der Waals surface area contributed by atoms with Gasteiger partial charge in [0, 0.05) is 34.7 Å². The summed E-state index contributed by atoms with van der Waals surface area (Å²) in [6.07, 6.45) is 4.88. The van der Waals surface area contributed by atoms with Gasteiger partial charge in [0.05, 0.1) is 5.92 Å². The maximum Gasteiger partial charge on any atom is 0.310 e. The maximum absolute atomic E-state index is 12.2. The Balaban J connectivity index is 1.57. The van der Waals surface area contributed by atoms with Crippen molar-refractivity contribution in [2.75, 3.05) is 0 Å². The summed E-state index contributed by atoms with van der Waals surface area (Å²) in [6, 6.07) is 3.93. The number of esters is 1. The van der Waals surface area contributed by atoms with Crippen LogP contribution >= 0.6 is 0 Å². The van der Waals surface area contributed by atoms with Gasteiger partial charge in [0.15, 0.2) is 0 Å². The molecule has 2 aliphatic carbocycles. The first-order valence-corrected chi connectivity index (χ1v) is 7.98. The summed E-state index contributed by atoms with van der Waals surface area (Å²) in [6.45, 7) is 6.57. The van der Waals surface area contributed by atoms with Crippen molar-refractivity contribution < 1.29 is 14.3 Å². The summed E-state index contributed by atoms with van der Waals surface area (Å²) in [7, 11) is 0. The fraction of sp³-hybridized carbons (Fsp3) is 0.611. The van der Waals surface area contributed by atoms with E-state index in [0.29, 0.717) is 6.42 Å². The van der Waals surface area contributed by atoms with Gasteiger partial charge in [-0.2, -0.15) is 0 Å². The minimum Gasteiger partial charge on any atom is -0.461 e. The van der Waals surface area contributed by atoms with Crippen LogP contribution in [0.5, 0.6) is 0 Å². The second kappa shape index (κ2) is 5.18. The summed E-state index contributed by atoms with van der Waals surface area (Å²) in [5, 5.41) is 0. The zero-order chi connectivity index (χ0) is 16.0. The van der Waals surface area contributed by atoms with Crippen molar-refractivity contribution in [1.29, 1.82) is 0 Å². The van der Waals surface area contributed by atoms with Crippen LogP contribution in [-0.2, 0) is 26.3 Å². The molecule has 4 nitrogen and oxygen atoms in total. The number of carbonyl (C=O) groups is 2. The quantitative estimate of drug-likeness (QED) is 0.805. The van der Waals surface area contributed by atoms with E-state index in [1.165, 1.54) is 0 Å². The van der Waals surface area contributed by atoms with Crippen molar-refractivity contribution in [3.63, 3.8) is 0 Å². The van der Waals surface area contributed by atoms with E-state index < -0.39 is 0 Å². The third-order valence-electron chi connectivity index (χ3n) is 5.12. The number of rotatable bonds is 3. The Morgan fingerprint density at radius 3 is 2.55 bits per heavy atom. The van der Waals surface area contributed by atoms with Crippen LogP contribution in [0.15, 0.2) is 18.3 Å². The van der Waals surface area contributed by atoms with Crippen LogP contribution in [0.1, 0.15) is 57.7 Å². The van der Waals surface area contributed by atoms with Crippen LogP contribution < -0.4 is 0 Å². The number of pyridine rings is 1. The Labute approximate surface area is 131 Å². The highest BCUT2D eigenvalue weighted by atomic mass is 16.5. The van der Waals surface area contributed by atoms with Gasteiger partial charge in [0.25, 0.3) is 0 Å². The summed E-state index contributed by atoms with van der Waals surface area (Å²) in [5.41, 5.74) is 1.55. The van der Waals surface area contributed by atoms with E-state index in [-0.39, 0.29) is 35.1 Å². The molecule has 0 radical (unpaired) electrons. The first-order valence-electron chi connectivity index (χ1n) is 7.98. The first-order chi connectivity index (χ1) is 10.3. The first kappa shape index (κ1) is 15.2. The van der Waals surface area contributed by atoms with Crippen LogP contribution in [0.4, 0.5) is 0 Å². The number of nitrogens with zero attached hydrogens (tertiary/aromatic N) is 1. The molecule has 118 valence electrons. The molecule has 2 fully saturated rings. The molecule has 1 atom stereocenters. The summed E-state index contributed by atoms with van der Waals surface area (Å²) in [5.74, 6) is -0.188. The van der Waals surface area contributed by atoms with Crippen LogP contribution in [-0.4, -0.2) is 16.7 Å². The Morgan fingerprint density at radius 2 is 2.09 bits per heavy atom.